The maximum Gasteiger partial charge on any atom is 0.228 e. The van der Waals surface area contributed by atoms with Crippen LogP contribution in [-0.2, 0) is 14.3 Å². The van der Waals surface area contributed by atoms with Gasteiger partial charge < -0.3 is 14.5 Å². The van der Waals surface area contributed by atoms with Gasteiger partial charge in [0, 0.05) is 59.8 Å². The Kier molecular flexibility index (Phi) is 4.76. The zero-order valence-electron chi connectivity index (χ0n) is 11.8. The third-order valence-electron chi connectivity index (χ3n) is 3.99. The van der Waals surface area contributed by atoms with Crippen molar-refractivity contribution in [3.63, 3.8) is 0 Å². The van der Waals surface area contributed by atoms with Gasteiger partial charge in [0.1, 0.15) is 0 Å². The van der Waals surface area contributed by atoms with Crippen molar-refractivity contribution in [2.75, 3.05) is 60.0 Å². The maximum absolute atomic E-state index is 12.3. The van der Waals surface area contributed by atoms with Crippen LogP contribution in [-0.4, -0.2) is 86.5 Å². The van der Waals surface area contributed by atoms with Gasteiger partial charge in [0.05, 0.1) is 12.5 Å². The van der Waals surface area contributed by atoms with Crippen LogP contribution in [0.3, 0.4) is 0 Å². The van der Waals surface area contributed by atoms with Crippen LogP contribution in [0.2, 0.25) is 0 Å². The summed E-state index contributed by atoms with van der Waals surface area (Å²) in [5, 5.41) is 0. The first-order valence-electron chi connectivity index (χ1n) is 6.86. The number of ether oxygens (including phenoxy) is 1. The smallest absolute Gasteiger partial charge is 0.228 e. The van der Waals surface area contributed by atoms with Crippen molar-refractivity contribution in [3.05, 3.63) is 0 Å². The maximum atomic E-state index is 12.3. The Morgan fingerprint density at radius 2 is 2.00 bits per heavy atom. The van der Waals surface area contributed by atoms with E-state index in [2.05, 4.69) is 4.90 Å². The summed E-state index contributed by atoms with van der Waals surface area (Å²) in [6.07, 6.45) is 0.374. The summed E-state index contributed by atoms with van der Waals surface area (Å²) in [5.41, 5.74) is 0. The molecule has 0 aliphatic carbocycles. The van der Waals surface area contributed by atoms with Crippen LogP contribution in [0, 0.1) is 5.92 Å². The molecule has 2 amide bonds. The zero-order chi connectivity index (χ0) is 13.8. The van der Waals surface area contributed by atoms with Crippen molar-refractivity contribution in [2.45, 2.75) is 6.42 Å². The predicted octanol–water partition coefficient (Wildman–Crippen LogP) is -0.745. The molecule has 2 aliphatic rings. The van der Waals surface area contributed by atoms with Gasteiger partial charge in [-0.25, -0.2) is 0 Å². The lowest BCUT2D eigenvalue weighted by Gasteiger charge is -2.35. The molecule has 2 rings (SSSR count). The molecule has 2 aliphatic heterocycles. The van der Waals surface area contributed by atoms with Crippen LogP contribution in [0.4, 0.5) is 0 Å². The van der Waals surface area contributed by atoms with Gasteiger partial charge in [-0.1, -0.05) is 0 Å². The molecular formula is C13H23N3O3. The minimum Gasteiger partial charge on any atom is -0.383 e. The molecule has 19 heavy (non-hydrogen) atoms. The van der Waals surface area contributed by atoms with Gasteiger partial charge in [0.2, 0.25) is 11.8 Å². The summed E-state index contributed by atoms with van der Waals surface area (Å²) in [6.45, 7) is 5.53. The second kappa shape index (κ2) is 6.34. The largest absolute Gasteiger partial charge is 0.383 e. The Labute approximate surface area is 114 Å². The third-order valence-corrected chi connectivity index (χ3v) is 3.99. The molecule has 2 fully saturated rings. The van der Waals surface area contributed by atoms with Gasteiger partial charge in [-0.3, -0.25) is 14.5 Å². The molecule has 0 bridgehead atoms. The van der Waals surface area contributed by atoms with E-state index in [4.69, 9.17) is 4.74 Å². The molecule has 0 N–H and O–H groups in total. The van der Waals surface area contributed by atoms with Gasteiger partial charge in [0.15, 0.2) is 0 Å². The van der Waals surface area contributed by atoms with E-state index < -0.39 is 0 Å². The lowest BCUT2D eigenvalue weighted by atomic mass is 10.1. The van der Waals surface area contributed by atoms with Crippen LogP contribution >= 0.6 is 0 Å². The standard InChI is InChI=1S/C13H23N3O3/c1-14-10-11(9-12(14)17)13(18)16-5-3-15(4-6-16)7-8-19-2/h11H,3-10H2,1-2H3/t11-/m1/s1. The highest BCUT2D eigenvalue weighted by atomic mass is 16.5. The molecule has 1 atom stereocenters. The first-order valence-corrected chi connectivity index (χ1v) is 6.86. The summed E-state index contributed by atoms with van der Waals surface area (Å²) in [7, 11) is 3.46. The first kappa shape index (κ1) is 14.3. The average molecular weight is 269 g/mol. The Morgan fingerprint density at radius 1 is 1.32 bits per heavy atom. The number of nitrogens with zero attached hydrogens (tertiary/aromatic N) is 3. The Bertz CT molecular complexity index is 340. The van der Waals surface area contributed by atoms with Crippen LogP contribution < -0.4 is 0 Å². The van der Waals surface area contributed by atoms with E-state index in [0.29, 0.717) is 13.0 Å². The van der Waals surface area contributed by atoms with E-state index >= 15 is 0 Å². The Morgan fingerprint density at radius 3 is 2.53 bits per heavy atom. The number of methoxy groups -OCH3 is 1. The molecule has 0 aromatic rings. The summed E-state index contributed by atoms with van der Waals surface area (Å²) in [4.78, 5) is 29.6. The Hall–Kier alpha value is -1.14. The van der Waals surface area contributed by atoms with E-state index in [-0.39, 0.29) is 17.7 Å². The fourth-order valence-electron chi connectivity index (χ4n) is 2.70. The number of rotatable bonds is 4. The topological polar surface area (TPSA) is 53.1 Å². The second-order valence-electron chi connectivity index (χ2n) is 5.34. The van der Waals surface area contributed by atoms with Crippen LogP contribution in [0.5, 0.6) is 0 Å². The average Bonchev–Trinajstić information content (AvgIpc) is 2.76. The van der Waals surface area contributed by atoms with Gasteiger partial charge in [-0.05, 0) is 0 Å². The fraction of sp³-hybridized carbons (Fsp3) is 0.846. The molecule has 0 saturated carbocycles. The molecule has 0 spiro atoms. The van der Waals surface area contributed by atoms with Crippen molar-refractivity contribution >= 4 is 11.8 Å². The molecule has 0 aromatic heterocycles. The molecule has 0 aromatic carbocycles. The van der Waals surface area contributed by atoms with Gasteiger partial charge >= 0.3 is 0 Å². The van der Waals surface area contributed by atoms with E-state index in [9.17, 15) is 9.59 Å². The number of amides is 2. The predicted molar refractivity (Wildman–Crippen MR) is 70.6 cm³/mol. The summed E-state index contributed by atoms with van der Waals surface area (Å²) >= 11 is 0. The van der Waals surface area contributed by atoms with Crippen LogP contribution in [0.1, 0.15) is 6.42 Å². The number of carbonyl (C=O) groups is 2. The number of hydrogen-bond donors (Lipinski definition) is 0. The van der Waals surface area contributed by atoms with E-state index in [0.717, 1.165) is 39.3 Å². The van der Waals surface area contributed by atoms with Crippen molar-refractivity contribution < 1.29 is 14.3 Å². The van der Waals surface area contributed by atoms with E-state index in [1.165, 1.54) is 0 Å². The molecule has 6 nitrogen and oxygen atoms in total. The molecule has 2 heterocycles. The molecule has 0 radical (unpaired) electrons. The summed E-state index contributed by atoms with van der Waals surface area (Å²) < 4.78 is 5.06. The molecular weight excluding hydrogens is 246 g/mol. The second-order valence-corrected chi connectivity index (χ2v) is 5.34. The monoisotopic (exact) mass is 269 g/mol. The van der Waals surface area contributed by atoms with Crippen molar-refractivity contribution in [3.8, 4) is 0 Å². The normalized spacial score (nSPS) is 25.2. The van der Waals surface area contributed by atoms with Crippen LogP contribution in [0.15, 0.2) is 0 Å². The molecule has 108 valence electrons. The van der Waals surface area contributed by atoms with Crippen molar-refractivity contribution in [1.29, 1.82) is 0 Å². The Balaban J connectivity index is 1.78. The molecule has 2 saturated heterocycles. The number of carbonyl (C=O) groups excluding carboxylic acids is 2. The molecule has 0 unspecified atom stereocenters. The van der Waals surface area contributed by atoms with Crippen LogP contribution in [0.25, 0.3) is 0 Å². The van der Waals surface area contributed by atoms with Crippen molar-refractivity contribution in [1.82, 2.24) is 14.7 Å². The number of hydrogen-bond acceptors (Lipinski definition) is 4. The number of piperazine rings is 1. The highest BCUT2D eigenvalue weighted by Gasteiger charge is 2.35. The third kappa shape index (κ3) is 3.45. The SMILES string of the molecule is COCCN1CCN(C(=O)[C@@H]2CC(=O)N(C)C2)CC1. The first-order chi connectivity index (χ1) is 9.11. The minimum atomic E-state index is -0.136. The highest BCUT2D eigenvalue weighted by Crippen LogP contribution is 2.19. The summed E-state index contributed by atoms with van der Waals surface area (Å²) in [5.74, 6) is 0.0872. The van der Waals surface area contributed by atoms with E-state index in [1.807, 2.05) is 4.90 Å². The summed E-state index contributed by atoms with van der Waals surface area (Å²) in [6, 6.07) is 0. The lowest BCUT2D eigenvalue weighted by Crippen LogP contribution is -2.51. The zero-order valence-corrected chi connectivity index (χ0v) is 11.8. The fourth-order valence-corrected chi connectivity index (χ4v) is 2.70. The van der Waals surface area contributed by atoms with E-state index in [1.54, 1.807) is 19.1 Å². The number of likely N-dealkylation sites (tertiary alicyclic amines) is 1. The van der Waals surface area contributed by atoms with Gasteiger partial charge in [-0.15, -0.1) is 0 Å². The van der Waals surface area contributed by atoms with Crippen molar-refractivity contribution in [2.24, 2.45) is 5.92 Å². The van der Waals surface area contributed by atoms with Gasteiger partial charge in [-0.2, -0.15) is 0 Å². The highest BCUT2D eigenvalue weighted by molar-refractivity contribution is 5.89. The lowest BCUT2D eigenvalue weighted by molar-refractivity contribution is -0.137. The molecule has 6 heteroatoms. The minimum absolute atomic E-state index is 0.0806. The quantitative estimate of drug-likeness (QED) is 0.674. The van der Waals surface area contributed by atoms with Gasteiger partial charge in [0.25, 0.3) is 0 Å².